The maximum atomic E-state index is 13.8. The van der Waals surface area contributed by atoms with Crippen molar-refractivity contribution >= 4 is 5.91 Å². The molecule has 1 aromatic carbocycles. The van der Waals surface area contributed by atoms with Gasteiger partial charge >= 0.3 is 0 Å². The van der Waals surface area contributed by atoms with Gasteiger partial charge in [-0.15, -0.1) is 0 Å². The molecule has 100 valence electrons. The maximum absolute atomic E-state index is 13.8. The number of nitrogens with zero attached hydrogens (tertiary/aromatic N) is 1. The highest BCUT2D eigenvalue weighted by molar-refractivity contribution is 5.94. The fraction of sp³-hybridized carbons (Fsp3) is 0.500. The fourth-order valence-corrected chi connectivity index (χ4v) is 1.83. The van der Waals surface area contributed by atoms with Gasteiger partial charge in [0.2, 0.25) is 0 Å². The van der Waals surface area contributed by atoms with Crippen molar-refractivity contribution in [1.29, 1.82) is 0 Å². The van der Waals surface area contributed by atoms with Crippen molar-refractivity contribution in [1.82, 2.24) is 4.90 Å². The second-order valence-electron chi connectivity index (χ2n) is 4.42. The number of carbonyl (C=O) groups is 1. The van der Waals surface area contributed by atoms with Crippen LogP contribution < -0.4 is 5.73 Å². The molecule has 3 nitrogen and oxygen atoms in total. The summed E-state index contributed by atoms with van der Waals surface area (Å²) in [6.45, 7) is 5.54. The second kappa shape index (κ2) is 7.11. The number of rotatable bonds is 6. The van der Waals surface area contributed by atoms with E-state index in [0.29, 0.717) is 19.6 Å². The summed E-state index contributed by atoms with van der Waals surface area (Å²) in [7, 11) is 0. The minimum Gasteiger partial charge on any atom is -0.339 e. The smallest absolute Gasteiger partial charge is 0.256 e. The van der Waals surface area contributed by atoms with E-state index in [9.17, 15) is 9.18 Å². The molecule has 0 aromatic heterocycles. The van der Waals surface area contributed by atoms with E-state index in [-0.39, 0.29) is 11.5 Å². The van der Waals surface area contributed by atoms with Crippen molar-refractivity contribution in [3.63, 3.8) is 0 Å². The number of nitrogens with two attached hydrogens (primary N) is 1. The Labute approximate surface area is 108 Å². The van der Waals surface area contributed by atoms with E-state index in [0.717, 1.165) is 18.4 Å². The SMILES string of the molecule is CCCN(CCCN)C(=O)c1ccc(C)cc1F. The lowest BCUT2D eigenvalue weighted by molar-refractivity contribution is 0.0750. The highest BCUT2D eigenvalue weighted by atomic mass is 19.1. The molecule has 0 atom stereocenters. The third-order valence-corrected chi connectivity index (χ3v) is 2.77. The topological polar surface area (TPSA) is 46.3 Å². The Morgan fingerprint density at radius 1 is 1.39 bits per heavy atom. The van der Waals surface area contributed by atoms with Crippen molar-refractivity contribution < 1.29 is 9.18 Å². The van der Waals surface area contributed by atoms with Crippen LogP contribution in [0.25, 0.3) is 0 Å². The predicted octanol–water partition coefficient (Wildman–Crippen LogP) is 2.34. The zero-order valence-electron chi connectivity index (χ0n) is 11.1. The molecule has 0 radical (unpaired) electrons. The molecule has 0 saturated heterocycles. The molecule has 0 aliphatic carbocycles. The Balaban J connectivity index is 2.87. The minimum atomic E-state index is -0.450. The summed E-state index contributed by atoms with van der Waals surface area (Å²) in [4.78, 5) is 13.9. The van der Waals surface area contributed by atoms with Gasteiger partial charge < -0.3 is 10.6 Å². The van der Waals surface area contributed by atoms with Crippen LogP contribution in [-0.2, 0) is 0 Å². The number of aryl methyl sites for hydroxylation is 1. The first-order valence-corrected chi connectivity index (χ1v) is 6.35. The van der Waals surface area contributed by atoms with Gasteiger partial charge in [-0.25, -0.2) is 4.39 Å². The molecule has 0 unspecified atom stereocenters. The van der Waals surface area contributed by atoms with Crippen LogP contribution in [-0.4, -0.2) is 30.4 Å². The van der Waals surface area contributed by atoms with Crippen LogP contribution in [0, 0.1) is 12.7 Å². The zero-order valence-corrected chi connectivity index (χ0v) is 11.1. The summed E-state index contributed by atoms with van der Waals surface area (Å²) < 4.78 is 13.8. The fourth-order valence-electron chi connectivity index (χ4n) is 1.83. The first kappa shape index (κ1) is 14.6. The van der Waals surface area contributed by atoms with Gasteiger partial charge in [0.15, 0.2) is 0 Å². The Hall–Kier alpha value is -1.42. The second-order valence-corrected chi connectivity index (χ2v) is 4.42. The summed E-state index contributed by atoms with van der Waals surface area (Å²) >= 11 is 0. The molecule has 0 heterocycles. The molecule has 0 bridgehead atoms. The monoisotopic (exact) mass is 252 g/mol. The summed E-state index contributed by atoms with van der Waals surface area (Å²) in [5, 5.41) is 0. The lowest BCUT2D eigenvalue weighted by atomic mass is 10.1. The van der Waals surface area contributed by atoms with E-state index in [1.54, 1.807) is 24.0 Å². The molecule has 1 rings (SSSR count). The Kier molecular flexibility index (Phi) is 5.78. The Bertz CT molecular complexity index is 407. The van der Waals surface area contributed by atoms with Gasteiger partial charge in [-0.3, -0.25) is 4.79 Å². The van der Waals surface area contributed by atoms with Gasteiger partial charge in [0.1, 0.15) is 5.82 Å². The molecule has 0 spiro atoms. The minimum absolute atomic E-state index is 0.145. The normalized spacial score (nSPS) is 10.4. The van der Waals surface area contributed by atoms with Gasteiger partial charge in [0.25, 0.3) is 5.91 Å². The third kappa shape index (κ3) is 3.81. The van der Waals surface area contributed by atoms with Crippen molar-refractivity contribution in [3.05, 3.63) is 35.1 Å². The molecule has 4 heteroatoms. The average Bonchev–Trinajstić information content (AvgIpc) is 2.33. The van der Waals surface area contributed by atoms with Gasteiger partial charge in [0, 0.05) is 13.1 Å². The third-order valence-electron chi connectivity index (χ3n) is 2.77. The van der Waals surface area contributed by atoms with Crippen LogP contribution in [0.5, 0.6) is 0 Å². The number of hydrogen-bond donors (Lipinski definition) is 1. The van der Waals surface area contributed by atoms with Gasteiger partial charge in [-0.05, 0) is 44.0 Å². The van der Waals surface area contributed by atoms with Gasteiger partial charge in [0.05, 0.1) is 5.56 Å². The van der Waals surface area contributed by atoms with Crippen LogP contribution >= 0.6 is 0 Å². The number of hydrogen-bond acceptors (Lipinski definition) is 2. The zero-order chi connectivity index (χ0) is 13.5. The quantitative estimate of drug-likeness (QED) is 0.844. The first-order valence-electron chi connectivity index (χ1n) is 6.35. The van der Waals surface area contributed by atoms with Crippen molar-refractivity contribution in [2.45, 2.75) is 26.7 Å². The maximum Gasteiger partial charge on any atom is 0.256 e. The highest BCUT2D eigenvalue weighted by Gasteiger charge is 2.18. The van der Waals surface area contributed by atoms with E-state index in [2.05, 4.69) is 0 Å². The average molecular weight is 252 g/mol. The van der Waals surface area contributed by atoms with Crippen LogP contribution in [0.3, 0.4) is 0 Å². The Morgan fingerprint density at radius 3 is 2.67 bits per heavy atom. The summed E-state index contributed by atoms with van der Waals surface area (Å²) in [5.74, 6) is -0.698. The van der Waals surface area contributed by atoms with Crippen LogP contribution in [0.15, 0.2) is 18.2 Å². The Morgan fingerprint density at radius 2 is 2.11 bits per heavy atom. The van der Waals surface area contributed by atoms with Crippen LogP contribution in [0.1, 0.15) is 35.7 Å². The number of amides is 1. The van der Waals surface area contributed by atoms with E-state index in [4.69, 9.17) is 5.73 Å². The number of benzene rings is 1. The molecule has 0 aliphatic rings. The van der Waals surface area contributed by atoms with Crippen molar-refractivity contribution in [2.75, 3.05) is 19.6 Å². The lowest BCUT2D eigenvalue weighted by Crippen LogP contribution is -2.34. The summed E-state index contributed by atoms with van der Waals surface area (Å²) in [6.07, 6.45) is 1.59. The van der Waals surface area contributed by atoms with Crippen molar-refractivity contribution in [3.8, 4) is 0 Å². The number of halogens is 1. The summed E-state index contributed by atoms with van der Waals surface area (Å²) in [5.41, 5.74) is 6.41. The predicted molar refractivity (Wildman–Crippen MR) is 71.0 cm³/mol. The van der Waals surface area contributed by atoms with Crippen LogP contribution in [0.2, 0.25) is 0 Å². The van der Waals surface area contributed by atoms with Crippen molar-refractivity contribution in [2.24, 2.45) is 5.73 Å². The lowest BCUT2D eigenvalue weighted by Gasteiger charge is -2.22. The molecule has 0 fully saturated rings. The molecule has 0 aliphatic heterocycles. The van der Waals surface area contributed by atoms with Crippen LogP contribution in [0.4, 0.5) is 4.39 Å². The molecular weight excluding hydrogens is 231 g/mol. The van der Waals surface area contributed by atoms with E-state index < -0.39 is 5.82 Å². The first-order chi connectivity index (χ1) is 8.60. The van der Waals surface area contributed by atoms with E-state index in [1.807, 2.05) is 6.92 Å². The highest BCUT2D eigenvalue weighted by Crippen LogP contribution is 2.13. The molecule has 0 saturated carbocycles. The van der Waals surface area contributed by atoms with Gasteiger partial charge in [-0.1, -0.05) is 13.0 Å². The van der Waals surface area contributed by atoms with E-state index >= 15 is 0 Å². The molecule has 2 N–H and O–H groups in total. The molecule has 1 amide bonds. The molecule has 1 aromatic rings. The summed E-state index contributed by atoms with van der Waals surface area (Å²) in [6, 6.07) is 4.70. The van der Waals surface area contributed by atoms with Gasteiger partial charge in [-0.2, -0.15) is 0 Å². The largest absolute Gasteiger partial charge is 0.339 e. The molecule has 18 heavy (non-hydrogen) atoms. The standard InChI is InChI=1S/C14H21FN2O/c1-3-8-17(9-4-7-16)14(18)12-6-5-11(2)10-13(12)15/h5-6,10H,3-4,7-9,16H2,1-2H3. The van der Waals surface area contributed by atoms with E-state index in [1.165, 1.54) is 6.07 Å². The number of carbonyl (C=O) groups excluding carboxylic acids is 1. The molecular formula is C14H21FN2O.